The van der Waals surface area contributed by atoms with Crippen LogP contribution in [0.4, 0.5) is 0 Å². The van der Waals surface area contributed by atoms with Crippen molar-refractivity contribution < 1.29 is 0 Å². The van der Waals surface area contributed by atoms with E-state index in [0.29, 0.717) is 0 Å². The van der Waals surface area contributed by atoms with Gasteiger partial charge in [0.05, 0.1) is 0 Å². The molecule has 0 heterocycles. The van der Waals surface area contributed by atoms with Crippen LogP contribution in [-0.2, 0) is 22.7 Å². The Morgan fingerprint density at radius 2 is 0.728 bits per heavy atom. The lowest BCUT2D eigenvalue weighted by molar-refractivity contribution is 0.583. The third-order valence-electron chi connectivity index (χ3n) is 19.8. The number of fused-ring (bicyclic) bond motifs is 14. The molecule has 0 aliphatic heterocycles. The lowest BCUT2D eigenvalue weighted by Gasteiger charge is -2.30. The highest BCUT2D eigenvalue weighted by Crippen LogP contribution is 2.58. The summed E-state index contributed by atoms with van der Waals surface area (Å²) in [7, 11) is 0. The Balaban J connectivity index is 0.794. The molecule has 0 spiro atoms. The molecule has 0 aromatic heterocycles. The first-order chi connectivity index (χ1) is 39.4. The summed E-state index contributed by atoms with van der Waals surface area (Å²) in [4.78, 5) is 0. The zero-order chi connectivity index (χ0) is 54.7. The zero-order valence-corrected chi connectivity index (χ0v) is 47.2. The summed E-state index contributed by atoms with van der Waals surface area (Å²) in [5.41, 5.74) is 30.2. The largest absolute Gasteiger partial charge is 0.0619 e. The molecule has 386 valence electrons. The molecule has 13 aromatic rings. The number of aryl methyl sites for hydroxylation is 2. The fraction of sp³-hybridized carbons (Fsp3) is 0.136. The third kappa shape index (κ3) is 6.77. The third-order valence-corrected chi connectivity index (χ3v) is 19.8. The molecule has 0 saturated heterocycles. The Bertz CT molecular complexity index is 4880. The molecule has 81 heavy (non-hydrogen) atoms. The topological polar surface area (TPSA) is 0 Å². The monoisotopic (exact) mass is 1030 g/mol. The summed E-state index contributed by atoms with van der Waals surface area (Å²) >= 11 is 0. The maximum absolute atomic E-state index is 2.52. The smallest absolute Gasteiger partial charge is 0.0227 e. The molecular weight excluding hydrogens is 973 g/mol. The van der Waals surface area contributed by atoms with Crippen LogP contribution in [0.3, 0.4) is 0 Å². The van der Waals surface area contributed by atoms with Crippen LogP contribution in [0.1, 0.15) is 84.7 Å². The predicted molar refractivity (Wildman–Crippen MR) is 345 cm³/mol. The van der Waals surface area contributed by atoms with Gasteiger partial charge in [0, 0.05) is 16.2 Å². The van der Waals surface area contributed by atoms with Crippen LogP contribution in [0.15, 0.2) is 237 Å². The molecule has 3 aliphatic rings. The minimum atomic E-state index is -0.253. The number of benzene rings is 13. The van der Waals surface area contributed by atoms with Crippen molar-refractivity contribution in [2.45, 2.75) is 71.1 Å². The molecule has 1 atom stereocenters. The average Bonchev–Trinajstić information content (AvgIpc) is 4.14. The van der Waals surface area contributed by atoms with Crippen molar-refractivity contribution in [3.05, 3.63) is 287 Å². The van der Waals surface area contributed by atoms with Gasteiger partial charge in [0.15, 0.2) is 0 Å². The summed E-state index contributed by atoms with van der Waals surface area (Å²) < 4.78 is 0. The van der Waals surface area contributed by atoms with Crippen molar-refractivity contribution in [3.8, 4) is 77.9 Å². The fourth-order valence-corrected chi connectivity index (χ4v) is 15.9. The first-order valence-electron chi connectivity index (χ1n) is 29.1. The maximum Gasteiger partial charge on any atom is 0.0227 e. The fourth-order valence-electron chi connectivity index (χ4n) is 15.9. The Kier molecular flexibility index (Phi) is 10.2. The minimum Gasteiger partial charge on any atom is -0.0619 e. The lowest BCUT2D eigenvalue weighted by atomic mass is 9.73. The van der Waals surface area contributed by atoms with Crippen molar-refractivity contribution >= 4 is 43.1 Å². The highest BCUT2D eigenvalue weighted by molar-refractivity contribution is 6.09. The number of hydrogen-bond acceptors (Lipinski definition) is 0. The molecule has 13 aromatic carbocycles. The van der Waals surface area contributed by atoms with Crippen LogP contribution in [-0.4, -0.2) is 0 Å². The van der Waals surface area contributed by atoms with E-state index in [2.05, 4.69) is 285 Å². The number of rotatable bonds is 6. The minimum absolute atomic E-state index is 0.134. The second-order valence-electron chi connectivity index (χ2n) is 25.0. The van der Waals surface area contributed by atoms with Crippen molar-refractivity contribution in [2.75, 3.05) is 0 Å². The first kappa shape index (κ1) is 47.9. The quantitative estimate of drug-likeness (QED) is 0.156. The second-order valence-corrected chi connectivity index (χ2v) is 25.0. The van der Waals surface area contributed by atoms with Gasteiger partial charge in [-0.1, -0.05) is 253 Å². The highest BCUT2D eigenvalue weighted by atomic mass is 14.5. The van der Waals surface area contributed by atoms with Gasteiger partial charge in [-0.25, -0.2) is 0 Å². The molecule has 0 fully saturated rings. The van der Waals surface area contributed by atoms with Gasteiger partial charge < -0.3 is 0 Å². The predicted octanol–water partition coefficient (Wildman–Crippen LogP) is 21.7. The van der Waals surface area contributed by atoms with E-state index in [1.807, 2.05) is 0 Å². The molecule has 0 bridgehead atoms. The molecule has 16 rings (SSSR count). The van der Waals surface area contributed by atoms with Crippen LogP contribution < -0.4 is 0 Å². The zero-order valence-electron chi connectivity index (χ0n) is 47.2. The Labute approximate surface area is 476 Å². The standard InChI is InChI=1S/C81H62/c1-48-30-36-57(61-22-11-10-20-55(48)61)53-34-39-66-65-25-14-15-28-72(65)81(7,75(66)46-53)47-54-19-16-29-73-76(54)70-27-17-26-68(78(70)79(73,3)4)64-43-42-58(62-23-12-13-24-63(62)64)51-33-38-56-49(2)31-37-59(71(56)44-51)52-35-40-67-69-41-32-50-18-8-9-21-60(50)77(69)80(5,6)74(67)45-52/h8-46H,47H2,1-7H3. The lowest BCUT2D eigenvalue weighted by Crippen LogP contribution is -2.24. The Morgan fingerprint density at radius 3 is 1.48 bits per heavy atom. The van der Waals surface area contributed by atoms with Gasteiger partial charge in [-0.2, -0.15) is 0 Å². The molecule has 0 nitrogen and oxygen atoms in total. The van der Waals surface area contributed by atoms with Crippen LogP contribution in [0.2, 0.25) is 0 Å². The van der Waals surface area contributed by atoms with Crippen molar-refractivity contribution in [2.24, 2.45) is 0 Å². The van der Waals surface area contributed by atoms with E-state index in [4.69, 9.17) is 0 Å². The summed E-state index contributed by atoms with van der Waals surface area (Å²) in [6, 6.07) is 90.7. The van der Waals surface area contributed by atoms with Crippen molar-refractivity contribution in [3.63, 3.8) is 0 Å². The van der Waals surface area contributed by atoms with Crippen molar-refractivity contribution in [1.29, 1.82) is 0 Å². The molecule has 1 unspecified atom stereocenters. The normalized spacial score (nSPS) is 15.9. The maximum atomic E-state index is 2.52. The molecule has 0 saturated carbocycles. The van der Waals surface area contributed by atoms with Crippen LogP contribution in [0.25, 0.3) is 121 Å². The van der Waals surface area contributed by atoms with E-state index in [0.717, 1.165) is 6.42 Å². The van der Waals surface area contributed by atoms with Gasteiger partial charge in [0.25, 0.3) is 0 Å². The molecule has 3 aliphatic carbocycles. The van der Waals surface area contributed by atoms with Crippen LogP contribution >= 0.6 is 0 Å². The molecular formula is C81H62. The van der Waals surface area contributed by atoms with Crippen LogP contribution in [0.5, 0.6) is 0 Å². The van der Waals surface area contributed by atoms with Gasteiger partial charge in [-0.15, -0.1) is 0 Å². The van der Waals surface area contributed by atoms with Crippen LogP contribution in [0, 0.1) is 13.8 Å². The Morgan fingerprint density at radius 1 is 0.272 bits per heavy atom. The summed E-state index contributed by atoms with van der Waals surface area (Å²) in [5.74, 6) is 0. The van der Waals surface area contributed by atoms with Gasteiger partial charge in [0.1, 0.15) is 0 Å². The van der Waals surface area contributed by atoms with E-state index < -0.39 is 0 Å². The van der Waals surface area contributed by atoms with Gasteiger partial charge >= 0.3 is 0 Å². The molecule has 0 heteroatoms. The number of hydrogen-bond donors (Lipinski definition) is 0. The summed E-state index contributed by atoms with van der Waals surface area (Å²) in [5, 5.41) is 10.4. The first-order valence-corrected chi connectivity index (χ1v) is 29.1. The molecule has 0 N–H and O–H groups in total. The summed E-state index contributed by atoms with van der Waals surface area (Å²) in [6.07, 6.45) is 0.888. The molecule has 0 amide bonds. The van der Waals surface area contributed by atoms with E-state index >= 15 is 0 Å². The Hall–Kier alpha value is -9.10. The van der Waals surface area contributed by atoms with E-state index in [1.165, 1.54) is 171 Å². The van der Waals surface area contributed by atoms with E-state index in [-0.39, 0.29) is 16.2 Å². The van der Waals surface area contributed by atoms with Gasteiger partial charge in [-0.05, 0) is 210 Å². The van der Waals surface area contributed by atoms with Crippen molar-refractivity contribution in [1.82, 2.24) is 0 Å². The summed E-state index contributed by atoms with van der Waals surface area (Å²) in [6.45, 7) is 16.7. The van der Waals surface area contributed by atoms with Gasteiger partial charge in [0.2, 0.25) is 0 Å². The average molecular weight is 1040 g/mol. The van der Waals surface area contributed by atoms with Gasteiger partial charge in [-0.3, -0.25) is 0 Å². The van der Waals surface area contributed by atoms with E-state index in [1.54, 1.807) is 0 Å². The molecule has 0 radical (unpaired) electrons. The highest BCUT2D eigenvalue weighted by Gasteiger charge is 2.44. The second kappa shape index (κ2) is 17.2. The van der Waals surface area contributed by atoms with E-state index in [9.17, 15) is 0 Å². The SMILES string of the molecule is Cc1ccc(-c2ccc3c(c2)C(C)(Cc2cccc4c2-c2cccc(-c5ccc(-c6ccc7c(C)ccc(-c8ccc9c(c8)C(C)(C)c8c-9ccc9ccccc89)c7c6)c6ccccc56)c2C4(C)C)c2ccccc2-3)c2ccccc12.